The molecule has 0 aromatic heterocycles. The fourth-order valence-electron chi connectivity index (χ4n) is 1.74. The number of nitrogens with two attached hydrogens (primary N) is 1. The van der Waals surface area contributed by atoms with E-state index in [9.17, 15) is 23.7 Å². The fraction of sp³-hybridized carbons (Fsp3) is 0.500. The molecule has 0 saturated carbocycles. The summed E-state index contributed by atoms with van der Waals surface area (Å²) in [6, 6.07) is 0. The average molecular weight is 330 g/mol. The molecule has 0 saturated heterocycles. The van der Waals surface area contributed by atoms with Crippen molar-refractivity contribution < 1.29 is 23.7 Å². The second-order valence-corrected chi connectivity index (χ2v) is 6.69. The number of hydrogen-bond acceptors (Lipinski definition) is 6. The van der Waals surface area contributed by atoms with Gasteiger partial charge in [-0.3, -0.25) is 29.5 Å². The average Bonchev–Trinajstić information content (AvgIpc) is 2.81. The van der Waals surface area contributed by atoms with Gasteiger partial charge in [-0.2, -0.15) is 0 Å². The van der Waals surface area contributed by atoms with Crippen molar-refractivity contribution in [3.8, 4) is 0 Å². The molecular formula is C12H19N4O5P. The molecule has 0 aliphatic carbocycles. The molecule has 0 spiro atoms. The second-order valence-electron chi connectivity index (χ2n) is 4.62. The lowest BCUT2D eigenvalue weighted by Crippen LogP contribution is -2.35. The highest BCUT2D eigenvalue weighted by Crippen LogP contribution is 2.19. The SMILES string of the molecule is NNC(=O)CC[PH](=O)CCNC(=O)CCN1C(=O)C=CC1=O. The van der Waals surface area contributed by atoms with Crippen molar-refractivity contribution in [1.82, 2.24) is 15.6 Å². The largest absolute Gasteiger partial charge is 0.356 e. The van der Waals surface area contributed by atoms with E-state index in [0.717, 1.165) is 17.1 Å². The highest BCUT2D eigenvalue weighted by Gasteiger charge is 2.23. The molecule has 0 bridgehead atoms. The van der Waals surface area contributed by atoms with Gasteiger partial charge in [0.15, 0.2) is 0 Å². The molecule has 122 valence electrons. The number of carbonyl (C=O) groups excluding carboxylic acids is 4. The zero-order valence-corrected chi connectivity index (χ0v) is 13.0. The van der Waals surface area contributed by atoms with Crippen LogP contribution in [0.2, 0.25) is 0 Å². The smallest absolute Gasteiger partial charge is 0.253 e. The van der Waals surface area contributed by atoms with Crippen molar-refractivity contribution in [3.05, 3.63) is 12.2 Å². The Morgan fingerprint density at radius 1 is 1.09 bits per heavy atom. The Morgan fingerprint density at radius 2 is 1.73 bits per heavy atom. The summed E-state index contributed by atoms with van der Waals surface area (Å²) in [5.41, 5.74) is 1.95. The van der Waals surface area contributed by atoms with Crippen LogP contribution in [0.5, 0.6) is 0 Å². The zero-order valence-electron chi connectivity index (χ0n) is 12.0. The van der Waals surface area contributed by atoms with Crippen molar-refractivity contribution in [2.24, 2.45) is 5.84 Å². The number of nitrogens with zero attached hydrogens (tertiary/aromatic N) is 1. The Labute approximate surface area is 128 Å². The molecule has 4 N–H and O–H groups in total. The summed E-state index contributed by atoms with van der Waals surface area (Å²) in [4.78, 5) is 45.9. The van der Waals surface area contributed by atoms with E-state index < -0.39 is 19.6 Å². The number of hydrogen-bond donors (Lipinski definition) is 3. The maximum Gasteiger partial charge on any atom is 0.253 e. The highest BCUT2D eigenvalue weighted by atomic mass is 31.1. The third kappa shape index (κ3) is 6.19. The standard InChI is InChI=1S/C12H19N4O5P/c13-15-10(18)4-7-22(21)8-5-14-9(17)3-6-16-11(19)1-2-12(16)20/h1-2,22H,3-8,13H2,(H,14,17)(H,15,18). The minimum absolute atomic E-state index is 0.00429. The molecule has 1 unspecified atom stereocenters. The van der Waals surface area contributed by atoms with Gasteiger partial charge in [-0.1, -0.05) is 0 Å². The topological polar surface area (TPSA) is 139 Å². The van der Waals surface area contributed by atoms with Gasteiger partial charge in [-0.05, 0) is 0 Å². The maximum absolute atomic E-state index is 11.6. The second kappa shape index (κ2) is 9.11. The molecule has 1 heterocycles. The first kappa shape index (κ1) is 18.1. The van der Waals surface area contributed by atoms with Crippen LogP contribution in [0.1, 0.15) is 12.8 Å². The van der Waals surface area contributed by atoms with Crippen LogP contribution in [0.4, 0.5) is 0 Å². The first-order valence-electron chi connectivity index (χ1n) is 6.75. The quantitative estimate of drug-likeness (QED) is 0.152. The van der Waals surface area contributed by atoms with E-state index in [1.54, 1.807) is 0 Å². The molecule has 0 aromatic rings. The number of nitrogens with one attached hydrogen (secondary N) is 2. The van der Waals surface area contributed by atoms with Crippen molar-refractivity contribution in [2.45, 2.75) is 12.8 Å². The summed E-state index contributed by atoms with van der Waals surface area (Å²) in [6.07, 6.45) is 2.93. The predicted molar refractivity (Wildman–Crippen MR) is 79.2 cm³/mol. The lowest BCUT2D eigenvalue weighted by Gasteiger charge is -2.13. The summed E-state index contributed by atoms with van der Waals surface area (Å²) in [7, 11) is -1.95. The van der Waals surface area contributed by atoms with Gasteiger partial charge in [-0.25, -0.2) is 5.84 Å². The molecule has 1 aliphatic rings. The zero-order chi connectivity index (χ0) is 16.5. The van der Waals surface area contributed by atoms with E-state index in [0.29, 0.717) is 0 Å². The third-order valence-electron chi connectivity index (χ3n) is 2.98. The molecule has 1 aliphatic heterocycles. The first-order valence-corrected chi connectivity index (χ1v) is 8.57. The van der Waals surface area contributed by atoms with Crippen molar-refractivity contribution in [1.29, 1.82) is 0 Å². The van der Waals surface area contributed by atoms with Crippen LogP contribution in [0.3, 0.4) is 0 Å². The molecule has 0 fully saturated rings. The number of hydrazine groups is 1. The molecule has 0 radical (unpaired) electrons. The van der Waals surface area contributed by atoms with E-state index in [4.69, 9.17) is 5.84 Å². The first-order chi connectivity index (χ1) is 10.4. The minimum atomic E-state index is -1.95. The molecule has 0 aromatic carbocycles. The lowest BCUT2D eigenvalue weighted by atomic mass is 10.3. The van der Waals surface area contributed by atoms with E-state index in [2.05, 4.69) is 5.32 Å². The lowest BCUT2D eigenvalue weighted by molar-refractivity contribution is -0.137. The van der Waals surface area contributed by atoms with Gasteiger partial charge in [0, 0.05) is 50.4 Å². The summed E-state index contributed by atoms with van der Waals surface area (Å²) < 4.78 is 11.6. The van der Waals surface area contributed by atoms with Gasteiger partial charge in [0.25, 0.3) is 11.8 Å². The number of imide groups is 1. The van der Waals surface area contributed by atoms with Gasteiger partial charge in [0.1, 0.15) is 0 Å². The van der Waals surface area contributed by atoms with Gasteiger partial charge in [-0.15, -0.1) is 0 Å². The highest BCUT2D eigenvalue weighted by molar-refractivity contribution is 7.44. The molecule has 10 heteroatoms. The van der Waals surface area contributed by atoms with Crippen LogP contribution in [-0.4, -0.2) is 53.9 Å². The van der Waals surface area contributed by atoms with E-state index >= 15 is 0 Å². The van der Waals surface area contributed by atoms with E-state index in [-0.39, 0.29) is 50.1 Å². The number of amides is 4. The van der Waals surface area contributed by atoms with Gasteiger partial charge in [0.05, 0.1) is 7.80 Å². The van der Waals surface area contributed by atoms with Crippen molar-refractivity contribution in [3.63, 3.8) is 0 Å². The number of carbonyl (C=O) groups is 4. The third-order valence-corrected chi connectivity index (χ3v) is 4.60. The Kier molecular flexibility index (Phi) is 7.48. The van der Waals surface area contributed by atoms with Crippen LogP contribution < -0.4 is 16.6 Å². The van der Waals surface area contributed by atoms with Crippen molar-refractivity contribution in [2.75, 3.05) is 25.4 Å². The Bertz CT molecular complexity index is 502. The summed E-state index contributed by atoms with van der Waals surface area (Å²) >= 11 is 0. The van der Waals surface area contributed by atoms with Crippen LogP contribution in [0.15, 0.2) is 12.2 Å². The molecule has 1 atom stereocenters. The molecule has 1 rings (SSSR count). The minimum Gasteiger partial charge on any atom is -0.356 e. The van der Waals surface area contributed by atoms with Gasteiger partial charge in [0.2, 0.25) is 11.8 Å². The van der Waals surface area contributed by atoms with Crippen LogP contribution in [0.25, 0.3) is 0 Å². The van der Waals surface area contributed by atoms with E-state index in [1.807, 2.05) is 5.43 Å². The predicted octanol–water partition coefficient (Wildman–Crippen LogP) is -1.64. The summed E-state index contributed by atoms with van der Waals surface area (Å²) in [5, 5.41) is 2.56. The normalized spacial score (nSPS) is 15.0. The molecule has 4 amide bonds. The number of rotatable bonds is 9. The van der Waals surface area contributed by atoms with Gasteiger partial charge < -0.3 is 9.88 Å². The Hall–Kier alpha value is -1.99. The Balaban J connectivity index is 2.13. The van der Waals surface area contributed by atoms with Crippen LogP contribution >= 0.6 is 7.80 Å². The maximum atomic E-state index is 11.6. The summed E-state index contributed by atoms with van der Waals surface area (Å²) in [6.45, 7) is 0.239. The molecule has 22 heavy (non-hydrogen) atoms. The van der Waals surface area contributed by atoms with Crippen LogP contribution in [-0.2, 0) is 23.7 Å². The Morgan fingerprint density at radius 3 is 2.32 bits per heavy atom. The molecule has 9 nitrogen and oxygen atoms in total. The molecular weight excluding hydrogens is 311 g/mol. The van der Waals surface area contributed by atoms with E-state index in [1.165, 1.54) is 0 Å². The fourth-order valence-corrected chi connectivity index (χ4v) is 2.90. The van der Waals surface area contributed by atoms with Crippen molar-refractivity contribution >= 4 is 31.4 Å². The monoisotopic (exact) mass is 330 g/mol. The van der Waals surface area contributed by atoms with Crippen LogP contribution in [0, 0.1) is 0 Å². The summed E-state index contributed by atoms with van der Waals surface area (Å²) in [5.74, 6) is 3.33. The van der Waals surface area contributed by atoms with Gasteiger partial charge >= 0.3 is 0 Å².